The number of hydrogen-bond donors (Lipinski definition) is 3. The monoisotopic (exact) mass is 297 g/mol. The molecule has 0 radical (unpaired) electrons. The van der Waals surface area contributed by atoms with Gasteiger partial charge in [0.15, 0.2) is 6.61 Å². The van der Waals surface area contributed by atoms with Gasteiger partial charge in [0.25, 0.3) is 5.91 Å². The van der Waals surface area contributed by atoms with Crippen LogP contribution in [0.15, 0.2) is 24.3 Å². The molecule has 1 saturated carbocycles. The van der Waals surface area contributed by atoms with E-state index in [2.05, 4.69) is 5.32 Å². The van der Waals surface area contributed by atoms with Crippen LogP contribution in [0.1, 0.15) is 25.7 Å². The number of nitrogens with one attached hydrogen (secondary N) is 1. The van der Waals surface area contributed by atoms with Crippen molar-refractivity contribution >= 4 is 5.91 Å². The standard InChI is InChI=1S/C15H20FNO4/c16-10-5-7-11(8-6-10)21-9-14(19)17-12-3-1-2-4-13(18)15(12)20/h5-8,12-13,15,18,20H,1-4,9H2,(H,17,19)/t12-,13-,15-/m1/s1. The number of rotatable bonds is 4. The fourth-order valence-electron chi connectivity index (χ4n) is 2.41. The highest BCUT2D eigenvalue weighted by atomic mass is 19.1. The first-order chi connectivity index (χ1) is 10.1. The van der Waals surface area contributed by atoms with E-state index in [4.69, 9.17) is 4.74 Å². The third-order valence-electron chi connectivity index (χ3n) is 3.60. The summed E-state index contributed by atoms with van der Waals surface area (Å²) in [5, 5.41) is 22.3. The summed E-state index contributed by atoms with van der Waals surface area (Å²) in [6.45, 7) is -0.217. The highest BCUT2D eigenvalue weighted by molar-refractivity contribution is 5.77. The first-order valence-corrected chi connectivity index (χ1v) is 7.10. The Bertz CT molecular complexity index is 465. The summed E-state index contributed by atoms with van der Waals surface area (Å²) in [5.74, 6) is -0.354. The van der Waals surface area contributed by atoms with Crippen LogP contribution in [-0.4, -0.2) is 41.0 Å². The van der Waals surface area contributed by atoms with Crippen LogP contribution in [0.5, 0.6) is 5.75 Å². The second kappa shape index (κ2) is 7.38. The fourth-order valence-corrected chi connectivity index (χ4v) is 2.41. The molecule has 0 saturated heterocycles. The smallest absolute Gasteiger partial charge is 0.258 e. The molecule has 0 bridgehead atoms. The molecular formula is C15H20FNO4. The summed E-state index contributed by atoms with van der Waals surface area (Å²) in [7, 11) is 0. The normalized spacial score (nSPS) is 26.0. The number of aliphatic hydroxyl groups excluding tert-OH is 2. The third kappa shape index (κ3) is 4.68. The molecule has 3 atom stereocenters. The molecule has 0 spiro atoms. The maximum atomic E-state index is 12.7. The lowest BCUT2D eigenvalue weighted by atomic mass is 10.0. The lowest BCUT2D eigenvalue weighted by Gasteiger charge is -2.24. The van der Waals surface area contributed by atoms with E-state index in [-0.39, 0.29) is 18.3 Å². The number of halogens is 1. The zero-order valence-corrected chi connectivity index (χ0v) is 11.7. The van der Waals surface area contributed by atoms with Crippen molar-refractivity contribution in [3.05, 3.63) is 30.1 Å². The van der Waals surface area contributed by atoms with Crippen molar-refractivity contribution in [3.63, 3.8) is 0 Å². The first-order valence-electron chi connectivity index (χ1n) is 7.10. The molecule has 1 aromatic rings. The van der Waals surface area contributed by atoms with E-state index in [0.717, 1.165) is 12.8 Å². The van der Waals surface area contributed by atoms with Gasteiger partial charge in [0.2, 0.25) is 0 Å². The number of amides is 1. The summed E-state index contributed by atoms with van der Waals surface area (Å²) in [6.07, 6.45) is 1.08. The Morgan fingerprint density at radius 1 is 1.24 bits per heavy atom. The minimum atomic E-state index is -0.956. The van der Waals surface area contributed by atoms with E-state index in [0.29, 0.717) is 18.6 Å². The maximum Gasteiger partial charge on any atom is 0.258 e. The van der Waals surface area contributed by atoms with Gasteiger partial charge in [0.05, 0.1) is 18.2 Å². The molecule has 21 heavy (non-hydrogen) atoms. The van der Waals surface area contributed by atoms with E-state index in [1.807, 2.05) is 0 Å². The van der Waals surface area contributed by atoms with Crippen LogP contribution in [0.25, 0.3) is 0 Å². The Morgan fingerprint density at radius 3 is 2.62 bits per heavy atom. The van der Waals surface area contributed by atoms with Crippen LogP contribution < -0.4 is 10.1 Å². The number of carbonyl (C=O) groups is 1. The number of hydrogen-bond acceptors (Lipinski definition) is 4. The number of ether oxygens (including phenoxy) is 1. The number of aliphatic hydroxyl groups is 2. The van der Waals surface area contributed by atoms with Gasteiger partial charge >= 0.3 is 0 Å². The molecule has 5 nitrogen and oxygen atoms in total. The zero-order valence-electron chi connectivity index (χ0n) is 11.7. The minimum absolute atomic E-state index is 0.217. The Labute approximate surface area is 122 Å². The Morgan fingerprint density at radius 2 is 1.90 bits per heavy atom. The maximum absolute atomic E-state index is 12.7. The van der Waals surface area contributed by atoms with Crippen molar-refractivity contribution in [2.24, 2.45) is 0 Å². The second-order valence-electron chi connectivity index (χ2n) is 5.26. The van der Waals surface area contributed by atoms with Gasteiger partial charge in [-0.1, -0.05) is 12.8 Å². The Balaban J connectivity index is 1.81. The molecule has 0 unspecified atom stereocenters. The molecule has 1 fully saturated rings. The van der Waals surface area contributed by atoms with E-state index < -0.39 is 18.2 Å². The molecule has 0 aliphatic heterocycles. The molecule has 3 N–H and O–H groups in total. The van der Waals surface area contributed by atoms with Crippen molar-refractivity contribution < 1.29 is 24.1 Å². The van der Waals surface area contributed by atoms with Crippen molar-refractivity contribution in [3.8, 4) is 5.75 Å². The quantitative estimate of drug-likeness (QED) is 0.724. The SMILES string of the molecule is O=C(COc1ccc(F)cc1)N[C@@H]1CCCC[C@@H](O)[C@@H]1O. The minimum Gasteiger partial charge on any atom is -0.484 e. The molecule has 2 rings (SSSR count). The fraction of sp³-hybridized carbons (Fsp3) is 0.533. The molecule has 116 valence electrons. The van der Waals surface area contributed by atoms with Gasteiger partial charge in [-0.15, -0.1) is 0 Å². The van der Waals surface area contributed by atoms with E-state index >= 15 is 0 Å². The van der Waals surface area contributed by atoms with Crippen LogP contribution in [0, 0.1) is 5.82 Å². The summed E-state index contributed by atoms with van der Waals surface area (Å²) >= 11 is 0. The topological polar surface area (TPSA) is 78.8 Å². The van der Waals surface area contributed by atoms with Crippen LogP contribution in [0.3, 0.4) is 0 Å². The average molecular weight is 297 g/mol. The lowest BCUT2D eigenvalue weighted by Crippen LogP contribution is -2.48. The van der Waals surface area contributed by atoms with Gasteiger partial charge < -0.3 is 20.3 Å². The molecule has 1 amide bonds. The van der Waals surface area contributed by atoms with E-state index in [1.165, 1.54) is 24.3 Å². The van der Waals surface area contributed by atoms with E-state index in [9.17, 15) is 19.4 Å². The van der Waals surface area contributed by atoms with Gasteiger partial charge in [-0.05, 0) is 37.1 Å². The Kier molecular flexibility index (Phi) is 5.52. The molecule has 0 heterocycles. The van der Waals surface area contributed by atoms with Crippen molar-refractivity contribution in [2.75, 3.05) is 6.61 Å². The van der Waals surface area contributed by atoms with Crippen molar-refractivity contribution in [1.29, 1.82) is 0 Å². The lowest BCUT2D eigenvalue weighted by molar-refractivity contribution is -0.125. The largest absolute Gasteiger partial charge is 0.484 e. The van der Waals surface area contributed by atoms with Gasteiger partial charge in [-0.2, -0.15) is 0 Å². The molecule has 0 aromatic heterocycles. The van der Waals surface area contributed by atoms with Crippen LogP contribution in [-0.2, 0) is 4.79 Å². The molecule has 1 aromatic carbocycles. The predicted octanol–water partition coefficient (Wildman–Crippen LogP) is 0.985. The summed E-state index contributed by atoms with van der Waals surface area (Å²) < 4.78 is 18.0. The highest BCUT2D eigenvalue weighted by Gasteiger charge is 2.29. The van der Waals surface area contributed by atoms with E-state index in [1.54, 1.807) is 0 Å². The van der Waals surface area contributed by atoms with Gasteiger partial charge in [-0.3, -0.25) is 4.79 Å². The summed E-state index contributed by atoms with van der Waals surface area (Å²) in [4.78, 5) is 11.8. The zero-order chi connectivity index (χ0) is 15.2. The van der Waals surface area contributed by atoms with Crippen LogP contribution in [0.4, 0.5) is 4.39 Å². The predicted molar refractivity (Wildman–Crippen MR) is 74.3 cm³/mol. The van der Waals surface area contributed by atoms with Gasteiger partial charge in [0, 0.05) is 0 Å². The van der Waals surface area contributed by atoms with Gasteiger partial charge in [-0.25, -0.2) is 4.39 Å². The summed E-state index contributed by atoms with van der Waals surface area (Å²) in [6, 6.07) is 4.91. The molecular weight excluding hydrogens is 277 g/mol. The van der Waals surface area contributed by atoms with Crippen molar-refractivity contribution in [1.82, 2.24) is 5.32 Å². The van der Waals surface area contributed by atoms with Crippen molar-refractivity contribution in [2.45, 2.75) is 43.9 Å². The molecule has 6 heteroatoms. The van der Waals surface area contributed by atoms with Crippen LogP contribution >= 0.6 is 0 Å². The number of benzene rings is 1. The van der Waals surface area contributed by atoms with Crippen LogP contribution in [0.2, 0.25) is 0 Å². The summed E-state index contributed by atoms with van der Waals surface area (Å²) in [5.41, 5.74) is 0. The molecule has 1 aliphatic rings. The third-order valence-corrected chi connectivity index (χ3v) is 3.60. The number of carbonyl (C=O) groups excluding carboxylic acids is 1. The first kappa shape index (κ1) is 15.7. The highest BCUT2D eigenvalue weighted by Crippen LogP contribution is 2.19. The molecule has 1 aliphatic carbocycles. The second-order valence-corrected chi connectivity index (χ2v) is 5.26. The Hall–Kier alpha value is -1.66. The van der Waals surface area contributed by atoms with Gasteiger partial charge in [0.1, 0.15) is 11.6 Å². The average Bonchev–Trinajstić information content (AvgIpc) is 2.62.